The molecule has 1 saturated heterocycles. The van der Waals surface area contributed by atoms with Crippen molar-refractivity contribution in [2.75, 3.05) is 6.54 Å². The van der Waals surface area contributed by atoms with Gasteiger partial charge in [0.15, 0.2) is 5.78 Å². The third-order valence-corrected chi connectivity index (χ3v) is 3.60. The first-order valence-corrected chi connectivity index (χ1v) is 6.35. The van der Waals surface area contributed by atoms with Gasteiger partial charge >= 0.3 is 0 Å². The van der Waals surface area contributed by atoms with Crippen LogP contribution < -0.4 is 0 Å². The van der Waals surface area contributed by atoms with Crippen LogP contribution >= 0.6 is 0 Å². The molecule has 19 heavy (non-hydrogen) atoms. The summed E-state index contributed by atoms with van der Waals surface area (Å²) in [6, 6.07) is 5.41. The molecule has 1 aromatic carbocycles. The number of rotatable bonds is 3. The van der Waals surface area contributed by atoms with Gasteiger partial charge in [0.1, 0.15) is 0 Å². The van der Waals surface area contributed by atoms with Crippen LogP contribution in [0.15, 0.2) is 18.2 Å². The lowest BCUT2D eigenvalue weighted by atomic mass is 10.0. The second kappa shape index (κ2) is 4.96. The fourth-order valence-corrected chi connectivity index (χ4v) is 2.16. The van der Waals surface area contributed by atoms with Gasteiger partial charge in [0.05, 0.1) is 6.54 Å². The molecule has 1 heterocycles. The van der Waals surface area contributed by atoms with E-state index in [-0.39, 0.29) is 36.5 Å². The second-order valence-corrected chi connectivity index (χ2v) is 5.15. The van der Waals surface area contributed by atoms with E-state index in [1.54, 1.807) is 19.1 Å². The standard InChI is InChI=1S/C15H17NO3/c1-9-4-5-12(6-10(9)2)13(17)8-16-14(18)7-11(3)15(16)19/h4-6,11H,7-8H2,1-3H3. The second-order valence-electron chi connectivity index (χ2n) is 5.15. The maximum absolute atomic E-state index is 12.1. The van der Waals surface area contributed by atoms with Gasteiger partial charge in [-0.15, -0.1) is 0 Å². The minimum atomic E-state index is -0.306. The van der Waals surface area contributed by atoms with Gasteiger partial charge in [-0.3, -0.25) is 19.3 Å². The summed E-state index contributed by atoms with van der Waals surface area (Å²) in [7, 11) is 0. The molecule has 1 fully saturated rings. The number of imide groups is 1. The first-order valence-electron chi connectivity index (χ1n) is 6.35. The van der Waals surface area contributed by atoms with Gasteiger partial charge in [-0.05, 0) is 31.0 Å². The third kappa shape index (κ3) is 2.57. The topological polar surface area (TPSA) is 54.5 Å². The van der Waals surface area contributed by atoms with Gasteiger partial charge in [0, 0.05) is 17.9 Å². The Kier molecular flexibility index (Phi) is 3.51. The van der Waals surface area contributed by atoms with Crippen LogP contribution in [0.1, 0.15) is 34.8 Å². The molecule has 100 valence electrons. The van der Waals surface area contributed by atoms with Crippen LogP contribution in [0.5, 0.6) is 0 Å². The summed E-state index contributed by atoms with van der Waals surface area (Å²) < 4.78 is 0. The maximum Gasteiger partial charge on any atom is 0.232 e. The Morgan fingerprint density at radius 1 is 1.26 bits per heavy atom. The summed E-state index contributed by atoms with van der Waals surface area (Å²) >= 11 is 0. The van der Waals surface area contributed by atoms with Crippen molar-refractivity contribution in [2.45, 2.75) is 27.2 Å². The third-order valence-electron chi connectivity index (χ3n) is 3.60. The quantitative estimate of drug-likeness (QED) is 0.615. The number of hydrogen-bond acceptors (Lipinski definition) is 3. The highest BCUT2D eigenvalue weighted by Gasteiger charge is 2.36. The molecule has 4 heteroatoms. The highest BCUT2D eigenvalue weighted by molar-refractivity contribution is 6.08. The van der Waals surface area contributed by atoms with Gasteiger partial charge in [-0.2, -0.15) is 0 Å². The average molecular weight is 259 g/mol. The number of amides is 2. The first kappa shape index (κ1) is 13.5. The number of carbonyl (C=O) groups is 3. The van der Waals surface area contributed by atoms with Gasteiger partial charge in [-0.1, -0.05) is 19.1 Å². The number of aryl methyl sites for hydroxylation is 2. The smallest absolute Gasteiger partial charge is 0.232 e. The molecule has 1 aliphatic rings. The highest BCUT2D eigenvalue weighted by Crippen LogP contribution is 2.19. The molecule has 1 aliphatic heterocycles. The summed E-state index contributed by atoms with van der Waals surface area (Å²) in [5.74, 6) is -1.00. The lowest BCUT2D eigenvalue weighted by Gasteiger charge is -2.13. The molecule has 1 aromatic rings. The lowest BCUT2D eigenvalue weighted by molar-refractivity contribution is -0.138. The molecule has 2 amide bonds. The fraction of sp³-hybridized carbons (Fsp3) is 0.400. The van der Waals surface area contributed by atoms with E-state index in [9.17, 15) is 14.4 Å². The van der Waals surface area contributed by atoms with E-state index in [1.165, 1.54) is 0 Å². The number of likely N-dealkylation sites (tertiary alicyclic amines) is 1. The van der Waals surface area contributed by atoms with Crippen molar-refractivity contribution in [3.8, 4) is 0 Å². The zero-order valence-electron chi connectivity index (χ0n) is 11.4. The van der Waals surface area contributed by atoms with E-state index in [0.717, 1.165) is 16.0 Å². The summed E-state index contributed by atoms with van der Waals surface area (Å²) in [6.45, 7) is 5.46. The summed E-state index contributed by atoms with van der Waals surface area (Å²) in [5.41, 5.74) is 2.68. The molecule has 1 atom stereocenters. The molecule has 2 rings (SSSR count). The van der Waals surface area contributed by atoms with E-state index in [0.29, 0.717) is 5.56 Å². The number of carbonyl (C=O) groups excluding carboxylic acids is 3. The molecule has 0 spiro atoms. The van der Waals surface area contributed by atoms with Crippen molar-refractivity contribution in [1.82, 2.24) is 4.90 Å². The average Bonchev–Trinajstić information content (AvgIpc) is 2.59. The Hall–Kier alpha value is -1.97. The first-order chi connectivity index (χ1) is 8.90. The Labute approximate surface area is 112 Å². The number of benzene rings is 1. The number of nitrogens with zero attached hydrogens (tertiary/aromatic N) is 1. The highest BCUT2D eigenvalue weighted by atomic mass is 16.2. The lowest BCUT2D eigenvalue weighted by Crippen LogP contribution is -2.35. The molecule has 0 aromatic heterocycles. The molecular formula is C15H17NO3. The molecule has 1 unspecified atom stereocenters. The van der Waals surface area contributed by atoms with Crippen LogP contribution in [-0.2, 0) is 9.59 Å². The van der Waals surface area contributed by atoms with Crippen molar-refractivity contribution in [1.29, 1.82) is 0 Å². The van der Waals surface area contributed by atoms with Crippen LogP contribution in [-0.4, -0.2) is 29.0 Å². The normalized spacial score (nSPS) is 19.1. The van der Waals surface area contributed by atoms with E-state index >= 15 is 0 Å². The zero-order valence-corrected chi connectivity index (χ0v) is 11.4. The SMILES string of the molecule is Cc1ccc(C(=O)CN2C(=O)CC(C)C2=O)cc1C. The van der Waals surface area contributed by atoms with Crippen molar-refractivity contribution in [3.63, 3.8) is 0 Å². The van der Waals surface area contributed by atoms with E-state index in [2.05, 4.69) is 0 Å². The fourth-order valence-electron chi connectivity index (χ4n) is 2.16. The zero-order chi connectivity index (χ0) is 14.2. The number of hydrogen-bond donors (Lipinski definition) is 0. The number of ketones is 1. The van der Waals surface area contributed by atoms with E-state index in [1.807, 2.05) is 19.9 Å². The van der Waals surface area contributed by atoms with E-state index < -0.39 is 0 Å². The van der Waals surface area contributed by atoms with Crippen LogP contribution in [0, 0.1) is 19.8 Å². The van der Waals surface area contributed by atoms with Gasteiger partial charge in [0.25, 0.3) is 0 Å². The molecule has 4 nitrogen and oxygen atoms in total. The Morgan fingerprint density at radius 3 is 2.47 bits per heavy atom. The van der Waals surface area contributed by atoms with Crippen LogP contribution in [0.4, 0.5) is 0 Å². The molecular weight excluding hydrogens is 242 g/mol. The molecule has 0 aliphatic carbocycles. The van der Waals surface area contributed by atoms with Crippen molar-refractivity contribution in [3.05, 3.63) is 34.9 Å². The van der Waals surface area contributed by atoms with Crippen molar-refractivity contribution < 1.29 is 14.4 Å². The van der Waals surface area contributed by atoms with Crippen LogP contribution in [0.3, 0.4) is 0 Å². The molecule has 0 saturated carbocycles. The maximum atomic E-state index is 12.1. The Morgan fingerprint density at radius 2 is 1.95 bits per heavy atom. The van der Waals surface area contributed by atoms with Crippen LogP contribution in [0.2, 0.25) is 0 Å². The summed E-state index contributed by atoms with van der Waals surface area (Å²) in [5, 5.41) is 0. The largest absolute Gasteiger partial charge is 0.292 e. The Balaban J connectivity index is 2.15. The van der Waals surface area contributed by atoms with E-state index in [4.69, 9.17) is 0 Å². The monoisotopic (exact) mass is 259 g/mol. The summed E-state index contributed by atoms with van der Waals surface area (Å²) in [4.78, 5) is 36.6. The molecule has 0 N–H and O–H groups in total. The van der Waals surface area contributed by atoms with Gasteiger partial charge < -0.3 is 0 Å². The predicted molar refractivity (Wildman–Crippen MR) is 70.7 cm³/mol. The summed E-state index contributed by atoms with van der Waals surface area (Å²) in [6.07, 6.45) is 0.207. The van der Waals surface area contributed by atoms with Gasteiger partial charge in [-0.25, -0.2) is 0 Å². The molecule has 0 radical (unpaired) electrons. The Bertz CT molecular complexity index is 563. The minimum absolute atomic E-state index is 0.148. The molecule has 0 bridgehead atoms. The van der Waals surface area contributed by atoms with Crippen molar-refractivity contribution >= 4 is 17.6 Å². The van der Waals surface area contributed by atoms with Crippen LogP contribution in [0.25, 0.3) is 0 Å². The number of Topliss-reactive ketones (excluding diaryl/α,β-unsaturated/α-hetero) is 1. The predicted octanol–water partition coefficient (Wildman–Crippen LogP) is 1.88. The van der Waals surface area contributed by atoms with Gasteiger partial charge in [0.2, 0.25) is 11.8 Å². The minimum Gasteiger partial charge on any atom is -0.292 e. The van der Waals surface area contributed by atoms with Crippen molar-refractivity contribution in [2.24, 2.45) is 5.92 Å².